The van der Waals surface area contributed by atoms with Crippen molar-refractivity contribution >= 4 is 50.5 Å². The van der Waals surface area contributed by atoms with E-state index in [0.29, 0.717) is 11.3 Å². The molecule has 0 aliphatic rings. The number of hydrogen-bond acceptors (Lipinski definition) is 5. The van der Waals surface area contributed by atoms with E-state index in [0.717, 1.165) is 0 Å². The van der Waals surface area contributed by atoms with Crippen molar-refractivity contribution < 1.29 is 17.9 Å². The first kappa shape index (κ1) is 20.9. The number of benzene rings is 2. The molecule has 2 N–H and O–H groups in total. The van der Waals surface area contributed by atoms with Gasteiger partial charge in [0.2, 0.25) is 5.88 Å². The maximum absolute atomic E-state index is 12.6. The number of halogens is 2. The summed E-state index contributed by atoms with van der Waals surface area (Å²) in [5, 5.41) is 2.98. The first-order valence-corrected chi connectivity index (χ1v) is 10.4. The molecular weight excluding hydrogens is 437 g/mol. The number of carbonyl (C=O) groups is 1. The molecule has 3 aromatic rings. The average Bonchev–Trinajstić information content (AvgIpc) is 2.70. The topological polar surface area (TPSA) is 97.4 Å². The molecule has 29 heavy (non-hydrogen) atoms. The fourth-order valence-electron chi connectivity index (χ4n) is 2.43. The lowest BCUT2D eigenvalue weighted by Gasteiger charge is -2.11. The largest absolute Gasteiger partial charge is 0.480 e. The summed E-state index contributed by atoms with van der Waals surface area (Å²) < 4.78 is 32.6. The molecule has 0 atom stereocenters. The van der Waals surface area contributed by atoms with Crippen LogP contribution in [0.1, 0.15) is 10.4 Å². The Bertz CT molecular complexity index is 1150. The summed E-state index contributed by atoms with van der Waals surface area (Å²) in [6.45, 7) is 0. The van der Waals surface area contributed by atoms with Crippen LogP contribution in [0.5, 0.6) is 5.88 Å². The molecular formula is C19H15Cl2N3O4S. The molecule has 0 unspecified atom stereocenters. The van der Waals surface area contributed by atoms with E-state index < -0.39 is 15.9 Å². The van der Waals surface area contributed by atoms with Crippen LogP contribution in [0, 0.1) is 0 Å². The fraction of sp³-hybridized carbons (Fsp3) is 0.0526. The van der Waals surface area contributed by atoms with Crippen LogP contribution in [0.4, 0.5) is 11.4 Å². The minimum absolute atomic E-state index is 0.0447. The number of sulfonamides is 1. The van der Waals surface area contributed by atoms with Crippen LogP contribution in [0.15, 0.2) is 65.7 Å². The first-order valence-electron chi connectivity index (χ1n) is 8.18. The molecule has 0 aliphatic carbocycles. The number of pyridine rings is 1. The zero-order chi connectivity index (χ0) is 21.0. The van der Waals surface area contributed by atoms with E-state index in [1.54, 1.807) is 18.3 Å². The minimum Gasteiger partial charge on any atom is -0.480 e. The van der Waals surface area contributed by atoms with Crippen molar-refractivity contribution in [3.63, 3.8) is 0 Å². The van der Waals surface area contributed by atoms with Crippen molar-refractivity contribution in [1.29, 1.82) is 0 Å². The number of nitrogens with one attached hydrogen (secondary N) is 2. The van der Waals surface area contributed by atoms with Gasteiger partial charge in [-0.3, -0.25) is 9.52 Å². The van der Waals surface area contributed by atoms with Gasteiger partial charge in [-0.25, -0.2) is 13.4 Å². The predicted molar refractivity (Wildman–Crippen MR) is 112 cm³/mol. The Morgan fingerprint density at radius 3 is 2.48 bits per heavy atom. The Hall–Kier alpha value is -2.81. The third-order valence-electron chi connectivity index (χ3n) is 3.79. The van der Waals surface area contributed by atoms with Crippen LogP contribution in [0.2, 0.25) is 10.0 Å². The third kappa shape index (κ3) is 4.97. The van der Waals surface area contributed by atoms with Gasteiger partial charge in [-0.2, -0.15) is 0 Å². The smallest absolute Gasteiger partial charge is 0.263 e. The van der Waals surface area contributed by atoms with Crippen molar-refractivity contribution in [1.82, 2.24) is 4.98 Å². The molecule has 0 bridgehead atoms. The lowest BCUT2D eigenvalue weighted by Crippen LogP contribution is -2.15. The molecule has 150 valence electrons. The molecule has 1 heterocycles. The van der Waals surface area contributed by atoms with E-state index in [1.165, 1.54) is 49.6 Å². The number of aromatic nitrogens is 1. The minimum atomic E-state index is -3.95. The normalized spacial score (nSPS) is 11.0. The zero-order valence-corrected chi connectivity index (χ0v) is 17.3. The lowest BCUT2D eigenvalue weighted by molar-refractivity contribution is 0.102. The van der Waals surface area contributed by atoms with Crippen molar-refractivity contribution in [3.8, 4) is 5.88 Å². The molecule has 1 amide bonds. The van der Waals surface area contributed by atoms with Gasteiger partial charge in [-0.05, 0) is 54.6 Å². The van der Waals surface area contributed by atoms with Gasteiger partial charge < -0.3 is 10.1 Å². The van der Waals surface area contributed by atoms with Gasteiger partial charge in [0.05, 0.1) is 12.1 Å². The molecule has 1 aromatic heterocycles. The standard InChI is InChI=1S/C19H15Cl2N3O4S/c1-28-19-16(3-2-10-22-19)23-18(25)12-4-7-14(8-5-12)24-29(26,27)17-11-13(20)6-9-15(17)21/h2-11,24H,1H3,(H,23,25). The summed E-state index contributed by atoms with van der Waals surface area (Å²) in [5.74, 6) is -0.118. The quantitative estimate of drug-likeness (QED) is 0.576. The molecule has 3 rings (SSSR count). The Morgan fingerprint density at radius 1 is 1.07 bits per heavy atom. The van der Waals surface area contributed by atoms with Crippen LogP contribution in [0.25, 0.3) is 0 Å². The number of rotatable bonds is 6. The molecule has 0 saturated heterocycles. The fourth-order valence-corrected chi connectivity index (χ4v) is 4.25. The number of amides is 1. The van der Waals surface area contributed by atoms with Crippen molar-refractivity contribution in [2.45, 2.75) is 4.90 Å². The predicted octanol–water partition coefficient (Wildman–Crippen LogP) is 4.45. The van der Waals surface area contributed by atoms with E-state index in [2.05, 4.69) is 15.0 Å². The molecule has 10 heteroatoms. The maximum Gasteiger partial charge on any atom is 0.263 e. The second-order valence-electron chi connectivity index (χ2n) is 5.77. The van der Waals surface area contributed by atoms with E-state index in [9.17, 15) is 13.2 Å². The highest BCUT2D eigenvalue weighted by Gasteiger charge is 2.19. The molecule has 0 radical (unpaired) electrons. The summed E-state index contributed by atoms with van der Waals surface area (Å²) in [6, 6.07) is 13.4. The van der Waals surface area contributed by atoms with Gasteiger partial charge in [0.15, 0.2) is 0 Å². The highest BCUT2D eigenvalue weighted by Crippen LogP contribution is 2.27. The summed E-state index contributed by atoms with van der Waals surface area (Å²) in [6.07, 6.45) is 1.54. The second-order valence-corrected chi connectivity index (χ2v) is 8.27. The van der Waals surface area contributed by atoms with Crippen molar-refractivity contribution in [3.05, 3.63) is 76.4 Å². The van der Waals surface area contributed by atoms with Crippen LogP contribution in [-0.2, 0) is 10.0 Å². The van der Waals surface area contributed by atoms with Crippen LogP contribution < -0.4 is 14.8 Å². The molecule has 0 saturated carbocycles. The maximum atomic E-state index is 12.6. The Labute approximate surface area is 177 Å². The number of methoxy groups -OCH3 is 1. The van der Waals surface area contributed by atoms with Gasteiger partial charge in [-0.15, -0.1) is 0 Å². The lowest BCUT2D eigenvalue weighted by atomic mass is 10.2. The highest BCUT2D eigenvalue weighted by molar-refractivity contribution is 7.92. The number of nitrogens with zero attached hydrogens (tertiary/aromatic N) is 1. The average molecular weight is 452 g/mol. The number of ether oxygens (including phenoxy) is 1. The summed E-state index contributed by atoms with van der Waals surface area (Å²) >= 11 is 11.8. The Kier molecular flexibility index (Phi) is 6.26. The molecule has 7 nitrogen and oxygen atoms in total. The number of carbonyl (C=O) groups excluding carboxylic acids is 1. The molecule has 0 spiro atoms. The summed E-state index contributed by atoms with van der Waals surface area (Å²) in [5.41, 5.74) is 0.997. The van der Waals surface area contributed by atoms with E-state index in [4.69, 9.17) is 27.9 Å². The van der Waals surface area contributed by atoms with Crippen LogP contribution in [0.3, 0.4) is 0 Å². The summed E-state index contributed by atoms with van der Waals surface area (Å²) in [7, 11) is -2.50. The van der Waals surface area contributed by atoms with Crippen LogP contribution >= 0.6 is 23.2 Å². The van der Waals surface area contributed by atoms with Crippen molar-refractivity contribution in [2.24, 2.45) is 0 Å². The monoisotopic (exact) mass is 451 g/mol. The van der Waals surface area contributed by atoms with E-state index >= 15 is 0 Å². The van der Waals surface area contributed by atoms with Crippen molar-refractivity contribution in [2.75, 3.05) is 17.1 Å². The van der Waals surface area contributed by atoms with E-state index in [-0.39, 0.29) is 26.5 Å². The zero-order valence-electron chi connectivity index (χ0n) is 15.0. The van der Waals surface area contributed by atoms with Gasteiger partial charge >= 0.3 is 0 Å². The second kappa shape index (κ2) is 8.69. The van der Waals surface area contributed by atoms with E-state index in [1.807, 2.05) is 0 Å². The van der Waals surface area contributed by atoms with Gasteiger partial charge in [0.1, 0.15) is 10.6 Å². The van der Waals surface area contributed by atoms with Gasteiger partial charge in [0.25, 0.3) is 15.9 Å². The summed E-state index contributed by atoms with van der Waals surface area (Å²) in [4.78, 5) is 16.3. The number of anilines is 2. The Balaban J connectivity index is 1.76. The number of hydrogen-bond donors (Lipinski definition) is 2. The van der Waals surface area contributed by atoms with Crippen LogP contribution in [-0.4, -0.2) is 26.4 Å². The SMILES string of the molecule is COc1ncccc1NC(=O)c1ccc(NS(=O)(=O)c2cc(Cl)ccc2Cl)cc1. The van der Waals surface area contributed by atoms with Gasteiger partial charge in [-0.1, -0.05) is 23.2 Å². The molecule has 0 fully saturated rings. The highest BCUT2D eigenvalue weighted by atomic mass is 35.5. The third-order valence-corrected chi connectivity index (χ3v) is 5.89. The molecule has 0 aliphatic heterocycles. The Morgan fingerprint density at radius 2 is 1.79 bits per heavy atom. The van der Waals surface area contributed by atoms with Gasteiger partial charge in [0, 0.05) is 22.5 Å². The first-order chi connectivity index (χ1) is 13.8. The molecule has 2 aromatic carbocycles.